The Bertz CT molecular complexity index is 738. The number of unbranched alkanes of at least 4 members (excludes halogenated alkanes) is 23. The molecule has 6 heteroatoms. The van der Waals surface area contributed by atoms with Crippen LogP contribution < -0.4 is 0 Å². The molecule has 0 aliphatic rings. The van der Waals surface area contributed by atoms with Crippen LogP contribution in [0, 0.1) is 93.3 Å². The molecule has 4 nitrogen and oxygen atoms in total. The van der Waals surface area contributed by atoms with Crippen molar-refractivity contribution in [2.24, 2.45) is 11.8 Å². The van der Waals surface area contributed by atoms with Crippen molar-refractivity contribution in [1.29, 1.82) is 5.41 Å². The average molecular weight is 1250 g/mol. The van der Waals surface area contributed by atoms with E-state index in [-0.39, 0.29) is 62.2 Å². The van der Waals surface area contributed by atoms with Gasteiger partial charge in [0.2, 0.25) is 0 Å². The van der Waals surface area contributed by atoms with Gasteiger partial charge in [0.25, 0.3) is 0 Å². The number of allylic oxidation sites excluding steroid dienone is 1. The van der Waals surface area contributed by atoms with Crippen molar-refractivity contribution in [2.75, 3.05) is 26.2 Å². The largest absolute Gasteiger partial charge is 2.00 e. The van der Waals surface area contributed by atoms with Gasteiger partial charge >= 0.3 is 62.2 Å². The summed E-state index contributed by atoms with van der Waals surface area (Å²) in [5.74, 6) is 2.05. The number of hydrogen-bond donors (Lipinski definition) is 1. The van der Waals surface area contributed by atoms with Crippen molar-refractivity contribution >= 4 is 12.5 Å². The van der Waals surface area contributed by atoms with Crippen molar-refractivity contribution in [2.45, 2.75) is 253 Å². The van der Waals surface area contributed by atoms with Crippen LogP contribution in [0.25, 0.3) is 0 Å². The van der Waals surface area contributed by atoms with Gasteiger partial charge in [-0.2, -0.15) is 25.7 Å². The van der Waals surface area contributed by atoms with Gasteiger partial charge in [-0.3, -0.25) is 6.29 Å². The Morgan fingerprint density at radius 1 is 0.561 bits per heavy atom. The van der Waals surface area contributed by atoms with Crippen molar-refractivity contribution < 1.29 is 71.8 Å². The topological polar surface area (TPSA) is 53.4 Å². The van der Waals surface area contributed by atoms with Crippen LogP contribution in [-0.4, -0.2) is 43.6 Å². The minimum atomic E-state index is 0. The molecule has 0 saturated heterocycles. The van der Waals surface area contributed by atoms with Crippen molar-refractivity contribution in [3.8, 4) is 0 Å². The Hall–Kier alpha value is 0.944. The van der Waals surface area contributed by atoms with Crippen LogP contribution in [0.15, 0.2) is 12.3 Å². The molecule has 2 atom stereocenters. The van der Waals surface area contributed by atoms with E-state index in [0.29, 0.717) is 18.3 Å². The van der Waals surface area contributed by atoms with Gasteiger partial charge in [-0.25, -0.2) is 0 Å². The Kier molecular flexibility index (Phi) is 72.0. The van der Waals surface area contributed by atoms with Crippen LogP contribution in [0.2, 0.25) is 0 Å². The molecule has 0 heterocycles. The molecule has 0 aromatic carbocycles. The van der Waals surface area contributed by atoms with E-state index in [4.69, 9.17) is 10.1 Å². The van der Waals surface area contributed by atoms with E-state index in [2.05, 4.69) is 59.2 Å². The summed E-state index contributed by atoms with van der Waals surface area (Å²) >= 11 is 0. The van der Waals surface area contributed by atoms with Gasteiger partial charge in [0.1, 0.15) is 0 Å². The third kappa shape index (κ3) is 54.9. The maximum atomic E-state index is 10.5. The zero-order chi connectivity index (χ0) is 41.3. The second-order valence-electron chi connectivity index (χ2n) is 16.1. The van der Waals surface area contributed by atoms with Crippen LogP contribution in [0.4, 0.5) is 0 Å². The van der Waals surface area contributed by atoms with Crippen molar-refractivity contribution in [1.82, 2.24) is 4.90 Å². The minimum Gasteiger partial charge on any atom is -0.542 e. The molecule has 0 spiro atoms. The van der Waals surface area contributed by atoms with Crippen LogP contribution in [0.1, 0.15) is 253 Å². The second-order valence-corrected chi connectivity index (χ2v) is 16.1. The van der Waals surface area contributed by atoms with Gasteiger partial charge < -0.3 is 39.9 Å². The van der Waals surface area contributed by atoms with Gasteiger partial charge in [0.05, 0.1) is 12.4 Å². The van der Waals surface area contributed by atoms with Gasteiger partial charge in [0, 0.05) is 5.92 Å². The molecule has 0 fully saturated rings. The summed E-state index contributed by atoms with van der Waals surface area (Å²) in [5, 5.41) is 7.34. The molecule has 0 aromatic rings. The van der Waals surface area contributed by atoms with Gasteiger partial charge in [-0.05, 0) is 51.7 Å². The molecule has 0 bridgehead atoms. The number of nitrogens with one attached hydrogen (secondary N) is 1. The normalized spacial score (nSPS) is 11.6. The molecule has 334 valence electrons. The van der Waals surface area contributed by atoms with Crippen molar-refractivity contribution in [3.05, 3.63) is 26.2 Å². The fourth-order valence-corrected chi connectivity index (χ4v) is 7.24. The molecule has 0 radical (unpaired) electrons. The fraction of sp³-hybridized carbons (Fsp3) is 0.882. The first-order valence-corrected chi connectivity index (χ1v) is 24.3. The Morgan fingerprint density at radius 3 is 1.37 bits per heavy atom. The van der Waals surface area contributed by atoms with E-state index in [1.165, 1.54) is 193 Å². The molecule has 0 saturated carbocycles. The zero-order valence-corrected chi connectivity index (χ0v) is 47.7. The van der Waals surface area contributed by atoms with E-state index in [9.17, 15) is 4.79 Å². The van der Waals surface area contributed by atoms with E-state index in [1.807, 2.05) is 6.29 Å². The minimum absolute atomic E-state index is 0. The molecule has 0 rings (SSSR count). The third-order valence-electron chi connectivity index (χ3n) is 10.9. The number of nitrogens with zero attached hydrogens (tertiary/aromatic N) is 1. The smallest absolute Gasteiger partial charge is 0.542 e. The molecule has 1 N–H and O–H groups in total. The summed E-state index contributed by atoms with van der Waals surface area (Å²) in [6, 6.07) is 0. The summed E-state index contributed by atoms with van der Waals surface area (Å²) in [4.78, 5) is 13.1. The van der Waals surface area contributed by atoms with Gasteiger partial charge in [0.15, 0.2) is 0 Å². The maximum absolute atomic E-state index is 10.5. The average Bonchev–Trinajstić information content (AvgIpc) is 3.21. The Labute approximate surface area is 408 Å². The number of ether oxygens (including phenoxy) is 1. The standard InChI is InChI=1S/C33H63NO2.C16H32N.C2H5.2U/c1-5-8-11-14-15-19-26-33(25-18-12-9-6-2)32(4)36-31-24-17-16-21-28-34(29-22-23-30-35)27-20-13-10-7-3;1-3-5-7-9-10-12-14-16(15-17)13-11-8-6-4-2;1-2;;/h33H,3-29,31H2,1-2H3;16-17H,3-14H2,1-2H3;1H2,2H3;;/q-2;2*-1;2*+2. The van der Waals surface area contributed by atoms with Crippen molar-refractivity contribution in [3.63, 3.8) is 0 Å². The zero-order valence-electron chi connectivity index (χ0n) is 39.4. The summed E-state index contributed by atoms with van der Waals surface area (Å²) in [6.07, 6.45) is 47.7. The molecule has 0 aromatic heterocycles. The number of hydrogen-bond acceptors (Lipinski definition) is 4. The Morgan fingerprint density at radius 2 is 0.930 bits per heavy atom. The summed E-state index contributed by atoms with van der Waals surface area (Å²) < 4.78 is 6.18. The predicted molar refractivity (Wildman–Crippen MR) is 248 cm³/mol. The van der Waals surface area contributed by atoms with Crippen LogP contribution >= 0.6 is 0 Å². The molecule has 0 aliphatic carbocycles. The molecular formula is C51H100N2O2U2. The van der Waals surface area contributed by atoms with E-state index in [0.717, 1.165) is 51.3 Å². The summed E-state index contributed by atoms with van der Waals surface area (Å²) in [7, 11) is 0. The molecular weight excluding hydrogens is 1150 g/mol. The predicted octanol–water partition coefficient (Wildman–Crippen LogP) is 16.7. The molecule has 0 amide bonds. The monoisotopic (exact) mass is 1250 g/mol. The van der Waals surface area contributed by atoms with Gasteiger partial charge in [-0.1, -0.05) is 208 Å². The van der Waals surface area contributed by atoms with Gasteiger partial charge in [-0.15, -0.1) is 0 Å². The van der Waals surface area contributed by atoms with Crippen LogP contribution in [0.5, 0.6) is 0 Å². The first-order chi connectivity index (χ1) is 27.0. The first-order valence-electron chi connectivity index (χ1n) is 24.3. The maximum Gasteiger partial charge on any atom is 2.00 e. The second kappa shape index (κ2) is 61.2. The third-order valence-corrected chi connectivity index (χ3v) is 10.9. The molecule has 0 aliphatic heterocycles. The number of carbonyl (C=O) groups excluding carboxylic acids is 1. The number of rotatable bonds is 43. The Balaban J connectivity index is -0.000000361. The summed E-state index contributed by atoms with van der Waals surface area (Å²) in [5.41, 5.74) is 0. The van der Waals surface area contributed by atoms with E-state index < -0.39 is 0 Å². The van der Waals surface area contributed by atoms with Crippen LogP contribution in [-0.2, 0) is 9.53 Å². The quantitative estimate of drug-likeness (QED) is 0.0286. The fourth-order valence-electron chi connectivity index (χ4n) is 7.24. The SMILES string of the molecule is C=C(OCCCCCCN(CCC[C-]=O)CCCCC[CH2-])C(CCCCCC)CCCCCCCC.CCCCCCCCC([C-]=N)CCCCCC.[CH2-]C.[U+2].[U+2]. The first kappa shape index (κ1) is 67.0. The van der Waals surface area contributed by atoms with E-state index >= 15 is 0 Å². The summed E-state index contributed by atoms with van der Waals surface area (Å²) in [6.45, 7) is 26.5. The molecule has 2 unspecified atom stereocenters. The van der Waals surface area contributed by atoms with Crippen LogP contribution in [0.3, 0.4) is 0 Å². The molecule has 57 heavy (non-hydrogen) atoms. The van der Waals surface area contributed by atoms with E-state index in [1.54, 1.807) is 6.92 Å².